The molecule has 5 rings (SSSR count). The summed E-state index contributed by atoms with van der Waals surface area (Å²) in [7, 11) is 0. The van der Waals surface area contributed by atoms with Gasteiger partial charge in [-0.2, -0.15) is 4.37 Å². The van der Waals surface area contributed by atoms with Crippen molar-refractivity contribution < 1.29 is 18.5 Å². The Morgan fingerprint density at radius 2 is 2.16 bits per heavy atom. The summed E-state index contributed by atoms with van der Waals surface area (Å²) in [6, 6.07) is 3.65. The van der Waals surface area contributed by atoms with Crippen LogP contribution in [0.1, 0.15) is 23.7 Å². The molecular weight excluding hydrogens is 346 g/mol. The summed E-state index contributed by atoms with van der Waals surface area (Å²) in [6.07, 6.45) is 7.27. The van der Waals surface area contributed by atoms with Crippen LogP contribution in [0.25, 0.3) is 0 Å². The molecule has 1 unspecified atom stereocenters. The third-order valence-corrected chi connectivity index (χ3v) is 4.10. The highest BCUT2D eigenvalue weighted by molar-refractivity contribution is 7.03. The van der Waals surface area contributed by atoms with Gasteiger partial charge in [-0.15, -0.1) is 0 Å². The molecule has 1 atom stereocenters. The summed E-state index contributed by atoms with van der Waals surface area (Å²) in [5.41, 5.74) is 0.597. The molecule has 128 valence electrons. The molecule has 2 aliphatic heterocycles. The van der Waals surface area contributed by atoms with E-state index >= 15 is 0 Å². The molecular formula is C15H13N5O4S. The number of aromatic nitrogens is 3. The number of nitrogens with zero attached hydrogens (tertiary/aromatic N) is 5. The number of ether oxygens (including phenoxy) is 1. The Kier molecular flexibility index (Phi) is 4.25. The maximum atomic E-state index is 5.64. The highest BCUT2D eigenvalue weighted by atomic mass is 32.1. The fourth-order valence-corrected chi connectivity index (χ4v) is 2.93. The van der Waals surface area contributed by atoms with Crippen molar-refractivity contribution in [3.63, 3.8) is 0 Å². The van der Waals surface area contributed by atoms with Crippen LogP contribution in [0.3, 0.4) is 0 Å². The molecule has 0 N–H and O–H groups in total. The summed E-state index contributed by atoms with van der Waals surface area (Å²) in [6.45, 7) is 1.06. The molecule has 25 heavy (non-hydrogen) atoms. The van der Waals surface area contributed by atoms with Crippen LogP contribution in [0.4, 0.5) is 0 Å². The van der Waals surface area contributed by atoms with E-state index in [2.05, 4.69) is 29.5 Å². The zero-order valence-electron chi connectivity index (χ0n) is 12.9. The topological polar surface area (TPSA) is 108 Å². The smallest absolute Gasteiger partial charge is 0.282 e. The minimum atomic E-state index is -0.809. The molecule has 0 fully saturated rings. The van der Waals surface area contributed by atoms with Crippen LogP contribution in [0.15, 0.2) is 55.3 Å². The van der Waals surface area contributed by atoms with E-state index in [9.17, 15) is 0 Å². The molecule has 2 aliphatic rings. The molecule has 3 aromatic rings. The number of hydrogen-bond acceptors (Lipinski definition) is 10. The Labute approximate surface area is 146 Å². The lowest BCUT2D eigenvalue weighted by Gasteiger charge is -2.18. The second-order valence-electron chi connectivity index (χ2n) is 5.08. The lowest BCUT2D eigenvalue weighted by molar-refractivity contribution is 0.174. The standard InChI is InChI=1S/C12H8N4O3S.C3H5NO/c1-4-19-15-8(1)12(9-2-6-20-16-9)7-18-11(14-12)10-13-3-5-17-10;1-2-4-5-3-1/h1-6H,7H2;2H,1,3H2. The molecule has 5 heterocycles. The largest absolute Gasteiger partial charge is 0.471 e. The Balaban J connectivity index is 0.000000272. The zero-order chi connectivity index (χ0) is 17.0. The molecule has 10 heteroatoms. The normalized spacial score (nSPS) is 21.2. The summed E-state index contributed by atoms with van der Waals surface area (Å²) in [5, 5.41) is 9.34. The summed E-state index contributed by atoms with van der Waals surface area (Å²) >= 11 is 1.35. The fraction of sp³-hybridized carbons (Fsp3) is 0.267. The zero-order valence-corrected chi connectivity index (χ0v) is 13.8. The second-order valence-corrected chi connectivity index (χ2v) is 5.75. The Hall–Kier alpha value is -3.01. The SMILES string of the molecule is C1=NOCC1.c1coc(C2=NC(c3ccon3)(c3ccsn3)CO2)n1. The maximum absolute atomic E-state index is 5.64. The van der Waals surface area contributed by atoms with E-state index in [1.54, 1.807) is 18.5 Å². The predicted octanol–water partition coefficient (Wildman–Crippen LogP) is 2.23. The van der Waals surface area contributed by atoms with E-state index < -0.39 is 5.54 Å². The summed E-state index contributed by atoms with van der Waals surface area (Å²) < 4.78 is 20.2. The summed E-state index contributed by atoms with van der Waals surface area (Å²) in [5.74, 6) is 0.677. The van der Waals surface area contributed by atoms with E-state index in [-0.39, 0.29) is 6.61 Å². The Morgan fingerprint density at radius 1 is 1.16 bits per heavy atom. The van der Waals surface area contributed by atoms with Crippen LogP contribution in [0.5, 0.6) is 0 Å². The fourth-order valence-electron chi connectivity index (χ4n) is 2.36. The molecule has 3 aromatic heterocycles. The van der Waals surface area contributed by atoms with Gasteiger partial charge in [0.15, 0.2) is 5.54 Å². The lowest BCUT2D eigenvalue weighted by atomic mass is 9.93. The summed E-state index contributed by atoms with van der Waals surface area (Å²) in [4.78, 5) is 13.2. The molecule has 0 amide bonds. The lowest BCUT2D eigenvalue weighted by Crippen LogP contribution is -2.27. The van der Waals surface area contributed by atoms with E-state index in [0.717, 1.165) is 18.7 Å². The number of aliphatic imine (C=N–C) groups is 1. The average molecular weight is 359 g/mol. The van der Waals surface area contributed by atoms with Gasteiger partial charge < -0.3 is 18.5 Å². The molecule has 0 radical (unpaired) electrons. The van der Waals surface area contributed by atoms with E-state index in [4.69, 9.17) is 13.7 Å². The molecule has 0 saturated carbocycles. The Morgan fingerprint density at radius 3 is 2.76 bits per heavy atom. The highest BCUT2D eigenvalue weighted by Gasteiger charge is 2.45. The van der Waals surface area contributed by atoms with Crippen molar-refractivity contribution in [3.8, 4) is 0 Å². The first-order chi connectivity index (χ1) is 12.4. The number of oxime groups is 1. The molecule has 9 nitrogen and oxygen atoms in total. The minimum Gasteiger partial charge on any atom is -0.471 e. The molecule has 0 aromatic carbocycles. The van der Waals surface area contributed by atoms with Crippen molar-refractivity contribution in [2.24, 2.45) is 10.1 Å². The molecule has 0 bridgehead atoms. The van der Waals surface area contributed by atoms with E-state index in [1.807, 2.05) is 11.4 Å². The van der Waals surface area contributed by atoms with Gasteiger partial charge in [-0.3, -0.25) is 0 Å². The van der Waals surface area contributed by atoms with Crippen LogP contribution in [0, 0.1) is 0 Å². The molecule has 0 saturated heterocycles. The monoisotopic (exact) mass is 359 g/mol. The van der Waals surface area contributed by atoms with Crippen molar-refractivity contribution in [2.75, 3.05) is 13.2 Å². The van der Waals surface area contributed by atoms with Crippen LogP contribution in [0.2, 0.25) is 0 Å². The third kappa shape index (κ3) is 3.03. The first-order valence-corrected chi connectivity index (χ1v) is 8.30. The van der Waals surface area contributed by atoms with Crippen molar-refractivity contribution in [3.05, 3.63) is 53.5 Å². The van der Waals surface area contributed by atoms with Gasteiger partial charge in [0.25, 0.3) is 11.8 Å². The molecule has 0 aliphatic carbocycles. The van der Waals surface area contributed by atoms with Gasteiger partial charge in [-0.1, -0.05) is 10.3 Å². The quantitative estimate of drug-likeness (QED) is 0.705. The number of hydrogen-bond donors (Lipinski definition) is 0. The first-order valence-electron chi connectivity index (χ1n) is 7.46. The van der Waals surface area contributed by atoms with Gasteiger partial charge in [0.1, 0.15) is 31.4 Å². The van der Waals surface area contributed by atoms with Crippen LogP contribution in [-0.2, 0) is 15.1 Å². The van der Waals surface area contributed by atoms with Crippen molar-refractivity contribution in [1.29, 1.82) is 0 Å². The second kappa shape index (κ2) is 6.85. The van der Waals surface area contributed by atoms with Crippen LogP contribution < -0.4 is 0 Å². The molecule has 0 spiro atoms. The van der Waals surface area contributed by atoms with Gasteiger partial charge in [0, 0.05) is 24.1 Å². The van der Waals surface area contributed by atoms with Gasteiger partial charge in [0.2, 0.25) is 0 Å². The van der Waals surface area contributed by atoms with Gasteiger partial charge >= 0.3 is 0 Å². The van der Waals surface area contributed by atoms with Crippen molar-refractivity contribution in [2.45, 2.75) is 12.0 Å². The van der Waals surface area contributed by atoms with Gasteiger partial charge in [0.05, 0.1) is 11.9 Å². The number of rotatable bonds is 3. The highest BCUT2D eigenvalue weighted by Crippen LogP contribution is 2.37. The van der Waals surface area contributed by atoms with Crippen LogP contribution in [-0.4, -0.2) is 39.8 Å². The minimum absolute atomic E-state index is 0.279. The predicted molar refractivity (Wildman–Crippen MR) is 87.5 cm³/mol. The van der Waals surface area contributed by atoms with E-state index in [0.29, 0.717) is 17.5 Å². The van der Waals surface area contributed by atoms with Crippen molar-refractivity contribution in [1.82, 2.24) is 14.5 Å². The van der Waals surface area contributed by atoms with Gasteiger partial charge in [-0.05, 0) is 17.6 Å². The third-order valence-electron chi connectivity index (χ3n) is 3.54. The first kappa shape index (κ1) is 15.5. The number of oxazole rings is 1. The Bertz CT molecular complexity index is 803. The van der Waals surface area contributed by atoms with Crippen molar-refractivity contribution >= 4 is 23.6 Å². The van der Waals surface area contributed by atoms with Gasteiger partial charge in [-0.25, -0.2) is 9.98 Å². The van der Waals surface area contributed by atoms with Crippen LogP contribution >= 0.6 is 11.5 Å². The average Bonchev–Trinajstić information content (AvgIpc) is 3.50. The van der Waals surface area contributed by atoms with E-state index in [1.165, 1.54) is 24.1 Å². The maximum Gasteiger partial charge on any atom is 0.282 e.